The van der Waals surface area contributed by atoms with Crippen LogP contribution in [0.4, 0.5) is 19.0 Å². The molecule has 5 nitrogen and oxygen atoms in total. The molecule has 1 N–H and O–H groups in total. The Labute approximate surface area is 183 Å². The molecule has 1 fully saturated rings. The summed E-state index contributed by atoms with van der Waals surface area (Å²) < 4.78 is 44.3. The van der Waals surface area contributed by atoms with E-state index in [0.717, 1.165) is 43.9 Å². The quantitative estimate of drug-likeness (QED) is 0.585. The summed E-state index contributed by atoms with van der Waals surface area (Å²) in [7, 11) is 0. The van der Waals surface area contributed by atoms with E-state index in [2.05, 4.69) is 15.2 Å². The Morgan fingerprint density at radius 2 is 1.69 bits per heavy atom. The lowest BCUT2D eigenvalue weighted by molar-refractivity contribution is -0.137. The molecule has 3 aromatic rings. The molecule has 1 aromatic heterocycles. The number of aromatic nitrogens is 1. The van der Waals surface area contributed by atoms with Crippen LogP contribution in [0.25, 0.3) is 0 Å². The van der Waals surface area contributed by atoms with Crippen LogP contribution >= 0.6 is 0 Å². The summed E-state index contributed by atoms with van der Waals surface area (Å²) in [4.78, 5) is 19.3. The Kier molecular flexibility index (Phi) is 6.30. The minimum atomic E-state index is -4.45. The van der Waals surface area contributed by atoms with Crippen molar-refractivity contribution in [1.82, 2.24) is 10.3 Å². The summed E-state index contributed by atoms with van der Waals surface area (Å²) in [6.07, 6.45) is -1.10. The molecule has 0 unspecified atom stereocenters. The van der Waals surface area contributed by atoms with Crippen molar-refractivity contribution in [2.24, 2.45) is 0 Å². The third kappa shape index (κ3) is 5.38. The van der Waals surface area contributed by atoms with Gasteiger partial charge < -0.3 is 15.0 Å². The van der Waals surface area contributed by atoms with Crippen LogP contribution in [0.15, 0.2) is 72.9 Å². The molecule has 1 aliphatic heterocycles. The smallest absolute Gasteiger partial charge is 0.416 e. The van der Waals surface area contributed by atoms with Gasteiger partial charge in [-0.3, -0.25) is 4.79 Å². The number of carbonyl (C=O) groups excluding carboxylic acids is 1. The molecule has 32 heavy (non-hydrogen) atoms. The average molecular weight is 441 g/mol. The molecule has 166 valence electrons. The SMILES string of the molecule is O=C(NC1CCN(c2ccccn2)CC1)c1cccc(Oc2cccc(C(F)(F)F)c2)c1. The van der Waals surface area contributed by atoms with E-state index < -0.39 is 11.7 Å². The second-order valence-electron chi connectivity index (χ2n) is 7.58. The van der Waals surface area contributed by atoms with Crippen molar-refractivity contribution in [2.75, 3.05) is 18.0 Å². The van der Waals surface area contributed by atoms with Gasteiger partial charge in [-0.15, -0.1) is 0 Å². The van der Waals surface area contributed by atoms with Gasteiger partial charge in [0.2, 0.25) is 0 Å². The fourth-order valence-corrected chi connectivity index (χ4v) is 3.64. The second kappa shape index (κ2) is 9.30. The molecule has 8 heteroatoms. The van der Waals surface area contributed by atoms with Gasteiger partial charge >= 0.3 is 6.18 Å². The van der Waals surface area contributed by atoms with Gasteiger partial charge in [-0.1, -0.05) is 18.2 Å². The number of anilines is 1. The molecule has 4 rings (SSSR count). The van der Waals surface area contributed by atoms with Crippen molar-refractivity contribution < 1.29 is 22.7 Å². The highest BCUT2D eigenvalue weighted by molar-refractivity contribution is 5.94. The van der Waals surface area contributed by atoms with Crippen LogP contribution < -0.4 is 15.0 Å². The van der Waals surface area contributed by atoms with Crippen molar-refractivity contribution in [3.63, 3.8) is 0 Å². The molecule has 1 saturated heterocycles. The molecular weight excluding hydrogens is 419 g/mol. The zero-order valence-corrected chi connectivity index (χ0v) is 17.2. The Morgan fingerprint density at radius 1 is 0.969 bits per heavy atom. The standard InChI is InChI=1S/C24H22F3N3O2/c25-24(26,27)18-6-4-8-21(16-18)32-20-7-3-5-17(15-20)23(31)29-19-10-13-30(14-11-19)22-9-1-2-12-28-22/h1-9,12,15-16,19H,10-11,13-14H2,(H,29,31). The van der Waals surface area contributed by atoms with Crippen LogP contribution in [-0.4, -0.2) is 30.0 Å². The number of amides is 1. The molecule has 2 aromatic carbocycles. The minimum Gasteiger partial charge on any atom is -0.457 e. The Bertz CT molecular complexity index is 1070. The number of benzene rings is 2. The Morgan fingerprint density at radius 3 is 2.38 bits per heavy atom. The first-order chi connectivity index (χ1) is 15.4. The molecule has 0 saturated carbocycles. The summed E-state index contributed by atoms with van der Waals surface area (Å²) in [6, 6.07) is 16.9. The molecule has 0 atom stereocenters. The van der Waals surface area contributed by atoms with Crippen molar-refractivity contribution in [3.05, 3.63) is 84.1 Å². The Hall–Kier alpha value is -3.55. The summed E-state index contributed by atoms with van der Waals surface area (Å²) in [5.74, 6) is 1.04. The van der Waals surface area contributed by atoms with E-state index in [1.165, 1.54) is 18.2 Å². The van der Waals surface area contributed by atoms with Crippen LogP contribution in [-0.2, 0) is 6.18 Å². The zero-order valence-electron chi connectivity index (χ0n) is 17.2. The molecule has 0 bridgehead atoms. The molecule has 1 aliphatic rings. The van der Waals surface area contributed by atoms with Gasteiger partial charge in [0.25, 0.3) is 5.91 Å². The van der Waals surface area contributed by atoms with Gasteiger partial charge in [-0.05, 0) is 61.4 Å². The van der Waals surface area contributed by atoms with E-state index in [9.17, 15) is 18.0 Å². The first-order valence-corrected chi connectivity index (χ1v) is 10.3. The molecule has 0 aliphatic carbocycles. The zero-order chi connectivity index (χ0) is 22.6. The topological polar surface area (TPSA) is 54.5 Å². The van der Waals surface area contributed by atoms with Crippen LogP contribution in [0.5, 0.6) is 11.5 Å². The van der Waals surface area contributed by atoms with Crippen molar-refractivity contribution >= 4 is 11.7 Å². The maximum absolute atomic E-state index is 12.9. The van der Waals surface area contributed by atoms with Crippen molar-refractivity contribution in [1.29, 1.82) is 0 Å². The minimum absolute atomic E-state index is 0.0375. The maximum Gasteiger partial charge on any atom is 0.416 e. The average Bonchev–Trinajstić information content (AvgIpc) is 2.80. The van der Waals surface area contributed by atoms with Gasteiger partial charge in [0, 0.05) is 30.9 Å². The predicted octanol–water partition coefficient (Wildman–Crippen LogP) is 5.29. The first kappa shape index (κ1) is 21.7. The molecule has 0 radical (unpaired) electrons. The van der Waals surface area contributed by atoms with Crippen LogP contribution in [0.1, 0.15) is 28.8 Å². The van der Waals surface area contributed by atoms with E-state index in [1.54, 1.807) is 24.4 Å². The number of carbonyl (C=O) groups is 1. The van der Waals surface area contributed by atoms with E-state index in [0.29, 0.717) is 11.3 Å². The normalized spacial score (nSPS) is 14.8. The summed E-state index contributed by atoms with van der Waals surface area (Å²) in [5, 5.41) is 3.04. The van der Waals surface area contributed by atoms with E-state index in [4.69, 9.17) is 4.74 Å². The van der Waals surface area contributed by atoms with Gasteiger partial charge in [-0.2, -0.15) is 13.2 Å². The van der Waals surface area contributed by atoms with Crippen LogP contribution in [0, 0.1) is 0 Å². The summed E-state index contributed by atoms with van der Waals surface area (Å²) in [5.41, 5.74) is -0.400. The van der Waals surface area contributed by atoms with Gasteiger partial charge in [0.05, 0.1) is 5.56 Å². The predicted molar refractivity (Wildman–Crippen MR) is 115 cm³/mol. The number of nitrogens with zero attached hydrogens (tertiary/aromatic N) is 2. The lowest BCUT2D eigenvalue weighted by atomic mass is 10.0. The lowest BCUT2D eigenvalue weighted by Crippen LogP contribution is -2.44. The van der Waals surface area contributed by atoms with E-state index in [1.807, 2.05) is 18.2 Å². The third-order valence-electron chi connectivity index (χ3n) is 5.30. The highest BCUT2D eigenvalue weighted by Crippen LogP contribution is 2.32. The Balaban J connectivity index is 1.36. The van der Waals surface area contributed by atoms with Crippen LogP contribution in [0.2, 0.25) is 0 Å². The van der Waals surface area contributed by atoms with Crippen molar-refractivity contribution in [2.45, 2.75) is 25.1 Å². The van der Waals surface area contributed by atoms with E-state index >= 15 is 0 Å². The number of alkyl halides is 3. The fourth-order valence-electron chi connectivity index (χ4n) is 3.64. The number of halogens is 3. The number of pyridine rings is 1. The first-order valence-electron chi connectivity index (χ1n) is 10.3. The largest absolute Gasteiger partial charge is 0.457 e. The van der Waals surface area contributed by atoms with Gasteiger partial charge in [0.15, 0.2) is 0 Å². The monoisotopic (exact) mass is 441 g/mol. The van der Waals surface area contributed by atoms with Gasteiger partial charge in [-0.25, -0.2) is 4.98 Å². The number of ether oxygens (including phenoxy) is 1. The molecule has 0 spiro atoms. The van der Waals surface area contributed by atoms with Crippen molar-refractivity contribution in [3.8, 4) is 11.5 Å². The highest BCUT2D eigenvalue weighted by atomic mass is 19.4. The summed E-state index contributed by atoms with van der Waals surface area (Å²) >= 11 is 0. The number of hydrogen-bond acceptors (Lipinski definition) is 4. The summed E-state index contributed by atoms with van der Waals surface area (Å²) in [6.45, 7) is 1.58. The van der Waals surface area contributed by atoms with E-state index in [-0.39, 0.29) is 17.7 Å². The van der Waals surface area contributed by atoms with Crippen LogP contribution in [0.3, 0.4) is 0 Å². The number of hydrogen-bond donors (Lipinski definition) is 1. The molecular formula is C24H22F3N3O2. The molecule has 2 heterocycles. The number of nitrogens with one attached hydrogen (secondary N) is 1. The third-order valence-corrected chi connectivity index (χ3v) is 5.30. The number of piperidine rings is 1. The van der Waals surface area contributed by atoms with Gasteiger partial charge in [0.1, 0.15) is 17.3 Å². The second-order valence-corrected chi connectivity index (χ2v) is 7.58. The molecule has 1 amide bonds. The fraction of sp³-hybridized carbons (Fsp3) is 0.250. The maximum atomic E-state index is 12.9. The lowest BCUT2D eigenvalue weighted by Gasteiger charge is -2.33. The number of rotatable bonds is 5. The highest BCUT2D eigenvalue weighted by Gasteiger charge is 2.30.